The Morgan fingerprint density at radius 3 is 2.39 bits per heavy atom. The first-order valence-corrected chi connectivity index (χ1v) is 8.85. The largest absolute Gasteiger partial charge is 0.481 e. The van der Waals surface area contributed by atoms with E-state index in [1.807, 2.05) is 0 Å². The van der Waals surface area contributed by atoms with Crippen LogP contribution in [0.2, 0.25) is 5.02 Å². The normalized spacial score (nSPS) is 11.5. The Balaban J connectivity index is 3.08. The Bertz CT molecular complexity index is 686. The van der Waals surface area contributed by atoms with Crippen molar-refractivity contribution in [3.8, 4) is 0 Å². The second kappa shape index (κ2) is 8.28. The molecule has 128 valence electrons. The Kier molecular flexibility index (Phi) is 6.99. The number of carbonyl (C=O) groups is 2. The van der Waals surface area contributed by atoms with Gasteiger partial charge < -0.3 is 10.4 Å². The van der Waals surface area contributed by atoms with E-state index in [0.717, 1.165) is 0 Å². The standard InChI is InChI=1S/C14H19ClN2O5S/c1-3-17(4-2)23(21,22)10-5-6-12(15)11(9-10)14(20)16-8-7-13(18)19/h5-6,9H,3-4,7-8H2,1-2H3,(H,16,20)(H,18,19). The molecule has 1 amide bonds. The molecule has 0 aliphatic heterocycles. The SMILES string of the molecule is CCN(CC)S(=O)(=O)c1ccc(Cl)c(C(=O)NCCC(=O)O)c1. The average molecular weight is 363 g/mol. The monoisotopic (exact) mass is 362 g/mol. The molecule has 9 heteroatoms. The lowest BCUT2D eigenvalue weighted by atomic mass is 10.2. The van der Waals surface area contributed by atoms with Crippen LogP contribution in [0.3, 0.4) is 0 Å². The van der Waals surface area contributed by atoms with Gasteiger partial charge in [0.05, 0.1) is 21.9 Å². The fourth-order valence-corrected chi connectivity index (χ4v) is 3.62. The van der Waals surface area contributed by atoms with Crippen LogP contribution in [0.15, 0.2) is 23.1 Å². The van der Waals surface area contributed by atoms with Crippen molar-refractivity contribution in [3.63, 3.8) is 0 Å². The number of sulfonamides is 1. The molecule has 1 aromatic carbocycles. The Labute approximate surface area is 140 Å². The van der Waals surface area contributed by atoms with Crippen LogP contribution >= 0.6 is 11.6 Å². The maximum atomic E-state index is 12.5. The van der Waals surface area contributed by atoms with Crippen LogP contribution in [0, 0.1) is 0 Å². The molecule has 1 rings (SSSR count). The van der Waals surface area contributed by atoms with Gasteiger partial charge in [-0.15, -0.1) is 0 Å². The molecule has 0 fully saturated rings. The van der Waals surface area contributed by atoms with E-state index in [4.69, 9.17) is 16.7 Å². The van der Waals surface area contributed by atoms with E-state index < -0.39 is 21.9 Å². The molecule has 0 spiro atoms. The predicted molar refractivity (Wildman–Crippen MR) is 86.1 cm³/mol. The fourth-order valence-electron chi connectivity index (χ4n) is 1.93. The maximum Gasteiger partial charge on any atom is 0.305 e. The van der Waals surface area contributed by atoms with Crippen LogP contribution in [0.25, 0.3) is 0 Å². The number of carboxylic acids is 1. The third-order valence-electron chi connectivity index (χ3n) is 3.15. The second-order valence-corrected chi connectivity index (χ2v) is 6.98. The molecular formula is C14H19ClN2O5S. The number of rotatable bonds is 8. The van der Waals surface area contributed by atoms with Crippen molar-refractivity contribution >= 4 is 33.5 Å². The number of halogens is 1. The minimum atomic E-state index is -3.71. The van der Waals surface area contributed by atoms with Gasteiger partial charge >= 0.3 is 5.97 Å². The summed E-state index contributed by atoms with van der Waals surface area (Å²) in [7, 11) is -3.71. The molecule has 0 saturated heterocycles. The summed E-state index contributed by atoms with van der Waals surface area (Å²) in [6.45, 7) is 3.98. The molecule has 0 atom stereocenters. The molecule has 7 nitrogen and oxygen atoms in total. The molecule has 0 aromatic heterocycles. The van der Waals surface area contributed by atoms with Gasteiger partial charge in [-0.3, -0.25) is 9.59 Å². The summed E-state index contributed by atoms with van der Waals surface area (Å²) in [6.07, 6.45) is -0.235. The smallest absolute Gasteiger partial charge is 0.305 e. The lowest BCUT2D eigenvalue weighted by Crippen LogP contribution is -2.31. The van der Waals surface area contributed by atoms with Gasteiger partial charge in [0, 0.05) is 19.6 Å². The summed E-state index contributed by atoms with van der Waals surface area (Å²) < 4.78 is 26.2. The van der Waals surface area contributed by atoms with E-state index in [0.29, 0.717) is 13.1 Å². The molecule has 0 saturated carbocycles. The van der Waals surface area contributed by atoms with Gasteiger partial charge in [0.1, 0.15) is 0 Å². The number of aliphatic carboxylic acids is 1. The van der Waals surface area contributed by atoms with Crippen molar-refractivity contribution in [2.45, 2.75) is 25.2 Å². The van der Waals surface area contributed by atoms with Crippen LogP contribution in [0.4, 0.5) is 0 Å². The van der Waals surface area contributed by atoms with E-state index in [1.165, 1.54) is 22.5 Å². The van der Waals surface area contributed by atoms with Gasteiger partial charge in [-0.2, -0.15) is 4.31 Å². The number of nitrogens with zero attached hydrogens (tertiary/aromatic N) is 1. The summed E-state index contributed by atoms with van der Waals surface area (Å²) in [5, 5.41) is 11.0. The van der Waals surface area contributed by atoms with Crippen molar-refractivity contribution < 1.29 is 23.1 Å². The summed E-state index contributed by atoms with van der Waals surface area (Å²) >= 11 is 5.94. The predicted octanol–water partition coefficient (Wildman–Crippen LogP) is 1.58. The van der Waals surface area contributed by atoms with Crippen molar-refractivity contribution in [3.05, 3.63) is 28.8 Å². The molecule has 23 heavy (non-hydrogen) atoms. The van der Waals surface area contributed by atoms with Crippen LogP contribution in [0.1, 0.15) is 30.6 Å². The molecule has 0 radical (unpaired) electrons. The number of carbonyl (C=O) groups excluding carboxylic acids is 1. The van der Waals surface area contributed by atoms with Gasteiger partial charge in [-0.1, -0.05) is 25.4 Å². The number of carboxylic acid groups (broad SMARTS) is 1. The molecule has 2 N–H and O–H groups in total. The number of hydrogen-bond acceptors (Lipinski definition) is 4. The first kappa shape index (κ1) is 19.4. The Morgan fingerprint density at radius 1 is 1.26 bits per heavy atom. The number of nitrogens with one attached hydrogen (secondary N) is 1. The van der Waals surface area contributed by atoms with Gasteiger partial charge in [0.15, 0.2) is 0 Å². The van der Waals surface area contributed by atoms with Crippen LogP contribution < -0.4 is 5.32 Å². The molecule has 1 aromatic rings. The summed E-state index contributed by atoms with van der Waals surface area (Å²) in [5.74, 6) is -1.66. The first-order valence-electron chi connectivity index (χ1n) is 7.03. The molecule has 0 bridgehead atoms. The number of amides is 1. The average Bonchev–Trinajstić information content (AvgIpc) is 2.47. The molecule has 0 unspecified atom stereocenters. The molecule has 0 aliphatic rings. The molecule has 0 heterocycles. The van der Waals surface area contributed by atoms with Crippen LogP contribution in [0.5, 0.6) is 0 Å². The lowest BCUT2D eigenvalue weighted by Gasteiger charge is -2.19. The minimum absolute atomic E-state index is 0.00899. The van der Waals surface area contributed by atoms with E-state index in [-0.39, 0.29) is 28.4 Å². The van der Waals surface area contributed by atoms with Crippen molar-refractivity contribution in [2.24, 2.45) is 0 Å². The van der Waals surface area contributed by atoms with E-state index in [9.17, 15) is 18.0 Å². The van der Waals surface area contributed by atoms with Gasteiger partial charge in [0.25, 0.3) is 5.91 Å². The topological polar surface area (TPSA) is 104 Å². The highest BCUT2D eigenvalue weighted by atomic mass is 35.5. The summed E-state index contributed by atoms with van der Waals surface area (Å²) in [5.41, 5.74) is -0.00899. The van der Waals surface area contributed by atoms with E-state index in [2.05, 4.69) is 5.32 Å². The molecular weight excluding hydrogens is 344 g/mol. The third kappa shape index (κ3) is 4.92. The summed E-state index contributed by atoms with van der Waals surface area (Å²) in [6, 6.07) is 3.88. The highest BCUT2D eigenvalue weighted by molar-refractivity contribution is 7.89. The zero-order chi connectivity index (χ0) is 17.6. The van der Waals surface area contributed by atoms with Crippen LogP contribution in [-0.2, 0) is 14.8 Å². The lowest BCUT2D eigenvalue weighted by molar-refractivity contribution is -0.136. The maximum absolute atomic E-state index is 12.5. The third-order valence-corrected chi connectivity index (χ3v) is 5.53. The Morgan fingerprint density at radius 2 is 1.87 bits per heavy atom. The molecule has 0 aliphatic carbocycles. The zero-order valence-corrected chi connectivity index (χ0v) is 14.4. The van der Waals surface area contributed by atoms with E-state index in [1.54, 1.807) is 13.8 Å². The van der Waals surface area contributed by atoms with Crippen molar-refractivity contribution in [2.75, 3.05) is 19.6 Å². The number of hydrogen-bond donors (Lipinski definition) is 2. The van der Waals surface area contributed by atoms with Gasteiger partial charge in [-0.05, 0) is 18.2 Å². The van der Waals surface area contributed by atoms with Gasteiger partial charge in [-0.25, -0.2) is 8.42 Å². The highest BCUT2D eigenvalue weighted by Crippen LogP contribution is 2.23. The quantitative estimate of drug-likeness (QED) is 0.730. The highest BCUT2D eigenvalue weighted by Gasteiger charge is 2.23. The second-order valence-electron chi connectivity index (χ2n) is 4.63. The van der Waals surface area contributed by atoms with Gasteiger partial charge in [0.2, 0.25) is 10.0 Å². The van der Waals surface area contributed by atoms with Crippen LogP contribution in [-0.4, -0.2) is 49.3 Å². The van der Waals surface area contributed by atoms with Crippen molar-refractivity contribution in [1.29, 1.82) is 0 Å². The van der Waals surface area contributed by atoms with Crippen molar-refractivity contribution in [1.82, 2.24) is 9.62 Å². The minimum Gasteiger partial charge on any atom is -0.481 e. The number of benzene rings is 1. The first-order chi connectivity index (χ1) is 10.7. The fraction of sp³-hybridized carbons (Fsp3) is 0.429. The summed E-state index contributed by atoms with van der Waals surface area (Å²) in [4.78, 5) is 22.5. The Hall–Kier alpha value is -1.64. The zero-order valence-electron chi connectivity index (χ0n) is 12.9. The van der Waals surface area contributed by atoms with E-state index >= 15 is 0 Å².